The van der Waals surface area contributed by atoms with E-state index in [1.807, 2.05) is 18.2 Å². The maximum Gasteiger partial charge on any atom is 0.123 e. The molecule has 0 amide bonds. The summed E-state index contributed by atoms with van der Waals surface area (Å²) < 4.78 is 6.74. The summed E-state index contributed by atoms with van der Waals surface area (Å²) in [5.41, 5.74) is 8.65. The predicted octanol–water partition coefficient (Wildman–Crippen LogP) is 2.84. The van der Waals surface area contributed by atoms with Crippen molar-refractivity contribution in [2.75, 3.05) is 17.6 Å². The molecule has 3 rings (SSSR count). The van der Waals surface area contributed by atoms with Crippen LogP contribution in [0.2, 0.25) is 0 Å². The number of para-hydroxylation sites is 1. The zero-order valence-corrected chi connectivity index (χ0v) is 11.9. The first-order valence-corrected chi connectivity index (χ1v) is 6.91. The fourth-order valence-electron chi connectivity index (χ4n) is 2.22. The Hall–Kier alpha value is -1.75. The molecule has 98 valence electrons. The van der Waals surface area contributed by atoms with E-state index in [2.05, 4.69) is 32.3 Å². The van der Waals surface area contributed by atoms with Gasteiger partial charge >= 0.3 is 0 Å². The average molecular weight is 320 g/mol. The van der Waals surface area contributed by atoms with E-state index >= 15 is 0 Å². The third-order valence-electron chi connectivity index (χ3n) is 3.15. The monoisotopic (exact) mass is 319 g/mol. The number of halogens is 1. The van der Waals surface area contributed by atoms with Crippen molar-refractivity contribution < 1.29 is 4.74 Å². The van der Waals surface area contributed by atoms with E-state index in [4.69, 9.17) is 10.5 Å². The van der Waals surface area contributed by atoms with Gasteiger partial charge in [0, 0.05) is 12.6 Å². The number of nitrogens with two attached hydrogens (primary N) is 1. The van der Waals surface area contributed by atoms with Crippen LogP contribution >= 0.6 is 15.9 Å². The zero-order chi connectivity index (χ0) is 13.2. The normalized spacial score (nSPS) is 16.8. The van der Waals surface area contributed by atoms with Crippen LogP contribution in [0.15, 0.2) is 41.1 Å². The molecule has 1 unspecified atom stereocenters. The van der Waals surface area contributed by atoms with Gasteiger partial charge < -0.3 is 15.8 Å². The van der Waals surface area contributed by atoms with Crippen LogP contribution in [0.1, 0.15) is 5.56 Å². The number of hydrogen-bond donors (Lipinski definition) is 2. The number of pyridine rings is 1. The van der Waals surface area contributed by atoms with Gasteiger partial charge in [-0.25, -0.2) is 0 Å². The summed E-state index contributed by atoms with van der Waals surface area (Å²) in [5.74, 6) is 0.982. The smallest absolute Gasteiger partial charge is 0.123 e. The molecule has 19 heavy (non-hydrogen) atoms. The largest absolute Gasteiger partial charge is 0.488 e. The van der Waals surface area contributed by atoms with E-state index in [0.717, 1.165) is 22.3 Å². The number of aromatic nitrogens is 1. The Morgan fingerprint density at radius 2 is 2.21 bits per heavy atom. The number of ether oxygens (including phenoxy) is 1. The van der Waals surface area contributed by atoms with Gasteiger partial charge in [0.15, 0.2) is 0 Å². The van der Waals surface area contributed by atoms with Crippen molar-refractivity contribution in [3.63, 3.8) is 0 Å². The number of nitrogens with one attached hydrogen (secondary N) is 1. The molecule has 2 heterocycles. The molecule has 0 bridgehead atoms. The molecule has 1 atom stereocenters. The summed E-state index contributed by atoms with van der Waals surface area (Å²) in [6.07, 6.45) is 4.42. The highest BCUT2D eigenvalue weighted by atomic mass is 79.9. The maximum absolute atomic E-state index is 5.89. The van der Waals surface area contributed by atoms with E-state index in [1.54, 1.807) is 12.4 Å². The van der Waals surface area contributed by atoms with Gasteiger partial charge in [0.25, 0.3) is 0 Å². The second-order valence-corrected chi connectivity index (χ2v) is 5.37. The Balaban J connectivity index is 1.66. The molecule has 5 heteroatoms. The summed E-state index contributed by atoms with van der Waals surface area (Å²) in [7, 11) is 0. The summed E-state index contributed by atoms with van der Waals surface area (Å²) in [4.78, 5) is 4.01. The summed E-state index contributed by atoms with van der Waals surface area (Å²) in [6, 6.07) is 8.14. The lowest BCUT2D eigenvalue weighted by Crippen LogP contribution is -2.24. The SMILES string of the molecule is Nc1cncc(Br)c1NCC1Cc2ccccc2O1. The molecule has 1 aromatic heterocycles. The van der Waals surface area contributed by atoms with Crippen LogP contribution in [0, 0.1) is 0 Å². The van der Waals surface area contributed by atoms with Crippen molar-refractivity contribution in [1.29, 1.82) is 0 Å². The molecule has 2 aromatic rings. The van der Waals surface area contributed by atoms with Crippen molar-refractivity contribution in [2.24, 2.45) is 0 Å². The van der Waals surface area contributed by atoms with Crippen molar-refractivity contribution >= 4 is 27.3 Å². The van der Waals surface area contributed by atoms with E-state index in [-0.39, 0.29) is 6.10 Å². The van der Waals surface area contributed by atoms with Crippen LogP contribution in [0.5, 0.6) is 5.75 Å². The van der Waals surface area contributed by atoms with Crippen molar-refractivity contribution in [3.8, 4) is 5.75 Å². The molecule has 1 aliphatic rings. The van der Waals surface area contributed by atoms with Crippen molar-refractivity contribution in [1.82, 2.24) is 4.98 Å². The van der Waals surface area contributed by atoms with Crippen molar-refractivity contribution in [3.05, 3.63) is 46.7 Å². The van der Waals surface area contributed by atoms with Crippen LogP contribution in [0.4, 0.5) is 11.4 Å². The molecular formula is C14H14BrN3O. The average Bonchev–Trinajstić information content (AvgIpc) is 2.81. The van der Waals surface area contributed by atoms with E-state index in [1.165, 1.54) is 5.56 Å². The second-order valence-electron chi connectivity index (χ2n) is 4.52. The second kappa shape index (κ2) is 5.09. The number of anilines is 2. The molecule has 0 spiro atoms. The van der Waals surface area contributed by atoms with E-state index < -0.39 is 0 Å². The van der Waals surface area contributed by atoms with Gasteiger partial charge in [-0.05, 0) is 27.6 Å². The van der Waals surface area contributed by atoms with Crippen LogP contribution < -0.4 is 15.8 Å². The van der Waals surface area contributed by atoms with Gasteiger partial charge in [0.05, 0.1) is 28.6 Å². The highest BCUT2D eigenvalue weighted by Crippen LogP contribution is 2.30. The first-order chi connectivity index (χ1) is 9.24. The number of nitrogen functional groups attached to an aromatic ring is 1. The van der Waals surface area contributed by atoms with Crippen LogP contribution in [0.25, 0.3) is 0 Å². The molecule has 0 aliphatic carbocycles. The lowest BCUT2D eigenvalue weighted by molar-refractivity contribution is 0.246. The maximum atomic E-state index is 5.89. The molecule has 0 saturated heterocycles. The number of fused-ring (bicyclic) bond motifs is 1. The van der Waals surface area contributed by atoms with Crippen LogP contribution in [-0.4, -0.2) is 17.6 Å². The quantitative estimate of drug-likeness (QED) is 0.913. The number of nitrogens with zero attached hydrogens (tertiary/aromatic N) is 1. The number of benzene rings is 1. The standard InChI is InChI=1S/C14H14BrN3O/c15-11-7-17-8-12(16)14(11)18-6-10-5-9-3-1-2-4-13(9)19-10/h1-4,7-8,10H,5-6,16H2,(H,17,18). The Morgan fingerprint density at radius 1 is 1.37 bits per heavy atom. The van der Waals surface area contributed by atoms with Gasteiger partial charge in [-0.3, -0.25) is 4.98 Å². The van der Waals surface area contributed by atoms with Gasteiger partial charge in [0.1, 0.15) is 11.9 Å². The topological polar surface area (TPSA) is 60.2 Å². The Bertz CT molecular complexity index is 558. The highest BCUT2D eigenvalue weighted by Gasteiger charge is 2.22. The molecule has 1 aromatic carbocycles. The van der Waals surface area contributed by atoms with Gasteiger partial charge in [-0.2, -0.15) is 0 Å². The van der Waals surface area contributed by atoms with E-state index in [0.29, 0.717) is 12.2 Å². The lowest BCUT2D eigenvalue weighted by Gasteiger charge is -2.15. The molecule has 0 saturated carbocycles. The van der Waals surface area contributed by atoms with Gasteiger partial charge in [-0.1, -0.05) is 18.2 Å². The Kier molecular flexibility index (Phi) is 3.29. The summed E-state index contributed by atoms with van der Waals surface area (Å²) in [5, 5.41) is 3.32. The molecule has 4 nitrogen and oxygen atoms in total. The van der Waals surface area contributed by atoms with Crippen LogP contribution in [-0.2, 0) is 6.42 Å². The lowest BCUT2D eigenvalue weighted by atomic mass is 10.1. The zero-order valence-electron chi connectivity index (χ0n) is 10.3. The summed E-state index contributed by atoms with van der Waals surface area (Å²) in [6.45, 7) is 0.710. The molecule has 1 aliphatic heterocycles. The first kappa shape index (κ1) is 12.3. The predicted molar refractivity (Wildman–Crippen MR) is 79.4 cm³/mol. The molecule has 3 N–H and O–H groups in total. The summed E-state index contributed by atoms with van der Waals surface area (Å²) >= 11 is 3.44. The van der Waals surface area contributed by atoms with Gasteiger partial charge in [-0.15, -0.1) is 0 Å². The minimum Gasteiger partial charge on any atom is -0.488 e. The van der Waals surface area contributed by atoms with Crippen molar-refractivity contribution in [2.45, 2.75) is 12.5 Å². The third kappa shape index (κ3) is 2.51. The fourth-order valence-corrected chi connectivity index (χ4v) is 2.71. The Labute approximate surface area is 120 Å². The Morgan fingerprint density at radius 3 is 3.00 bits per heavy atom. The number of hydrogen-bond acceptors (Lipinski definition) is 4. The first-order valence-electron chi connectivity index (χ1n) is 6.11. The molecule has 0 fully saturated rings. The minimum absolute atomic E-state index is 0.136. The van der Waals surface area contributed by atoms with Crippen LogP contribution in [0.3, 0.4) is 0 Å². The van der Waals surface area contributed by atoms with Gasteiger partial charge in [0.2, 0.25) is 0 Å². The highest BCUT2D eigenvalue weighted by molar-refractivity contribution is 9.10. The minimum atomic E-state index is 0.136. The molecule has 0 radical (unpaired) electrons. The number of rotatable bonds is 3. The molecular weight excluding hydrogens is 306 g/mol. The van der Waals surface area contributed by atoms with E-state index in [9.17, 15) is 0 Å². The fraction of sp³-hybridized carbons (Fsp3) is 0.214. The third-order valence-corrected chi connectivity index (χ3v) is 3.75.